The van der Waals surface area contributed by atoms with Crippen LogP contribution in [0.1, 0.15) is 25.6 Å². The first-order chi connectivity index (χ1) is 8.50. The summed E-state index contributed by atoms with van der Waals surface area (Å²) in [5.74, 6) is 1.05. The minimum atomic E-state index is -0.434. The molecule has 0 amide bonds. The Labute approximate surface area is 106 Å². The summed E-state index contributed by atoms with van der Waals surface area (Å²) in [5, 5.41) is 17.6. The normalized spacial score (nSPS) is 23.9. The maximum atomic E-state index is 11.0. The highest BCUT2D eigenvalue weighted by Gasteiger charge is 2.28. The fraction of sp³-hybridized carbons (Fsp3) is 0.727. The number of nitro groups is 1. The van der Waals surface area contributed by atoms with E-state index >= 15 is 0 Å². The number of nitrogens with zero attached hydrogens (tertiary/aromatic N) is 3. The number of aryl methyl sites for hydroxylation is 1. The van der Waals surface area contributed by atoms with Crippen molar-refractivity contribution >= 4 is 11.6 Å². The number of aromatic nitrogens is 2. The molecule has 1 aromatic rings. The molecular formula is C11H19N5O2. The molecule has 2 N–H and O–H groups in total. The van der Waals surface area contributed by atoms with Crippen LogP contribution >= 0.6 is 0 Å². The zero-order chi connectivity index (χ0) is 13.3. The van der Waals surface area contributed by atoms with Gasteiger partial charge in [0.15, 0.2) is 0 Å². The molecule has 0 aromatic carbocycles. The van der Waals surface area contributed by atoms with Gasteiger partial charge in [-0.25, -0.2) is 0 Å². The molecule has 2 unspecified atom stereocenters. The molecule has 2 atom stereocenters. The lowest BCUT2D eigenvalue weighted by Crippen LogP contribution is -2.46. The Hall–Kier alpha value is -1.63. The molecule has 1 saturated heterocycles. The number of nitrogens with one attached hydrogen (secondary N) is 2. The standard InChI is InChI=1S/C11H19N5O2/c1-7-9(5-4-6-12-7)14-10-11(16(17)18)13-8(2)15(10)3/h7,9,12,14H,4-6H2,1-3H3. The molecule has 0 radical (unpaired) electrons. The number of rotatable bonds is 3. The van der Waals surface area contributed by atoms with Crippen LogP contribution in [0.3, 0.4) is 0 Å². The van der Waals surface area contributed by atoms with Gasteiger partial charge in [-0.05, 0) is 36.2 Å². The molecular weight excluding hydrogens is 234 g/mol. The van der Waals surface area contributed by atoms with Crippen molar-refractivity contribution in [3.8, 4) is 0 Å². The average molecular weight is 253 g/mol. The Morgan fingerprint density at radius 3 is 2.94 bits per heavy atom. The molecule has 18 heavy (non-hydrogen) atoms. The maximum Gasteiger partial charge on any atom is 0.406 e. The van der Waals surface area contributed by atoms with E-state index in [1.165, 1.54) is 0 Å². The zero-order valence-electron chi connectivity index (χ0n) is 10.9. The highest BCUT2D eigenvalue weighted by atomic mass is 16.6. The molecule has 1 fully saturated rings. The lowest BCUT2D eigenvalue weighted by atomic mass is 10.00. The highest BCUT2D eigenvalue weighted by Crippen LogP contribution is 2.26. The number of imidazole rings is 1. The molecule has 1 aliphatic rings. The summed E-state index contributed by atoms with van der Waals surface area (Å²) in [4.78, 5) is 14.5. The van der Waals surface area contributed by atoms with Gasteiger partial charge in [-0.3, -0.25) is 4.57 Å². The topological polar surface area (TPSA) is 85.0 Å². The first kappa shape index (κ1) is 12.8. The zero-order valence-corrected chi connectivity index (χ0v) is 10.9. The van der Waals surface area contributed by atoms with Crippen LogP contribution < -0.4 is 10.6 Å². The third-order valence-corrected chi connectivity index (χ3v) is 3.56. The van der Waals surface area contributed by atoms with E-state index < -0.39 is 4.92 Å². The SMILES string of the molecule is Cc1nc([N+](=O)[O-])c(NC2CCCNC2C)n1C. The highest BCUT2D eigenvalue weighted by molar-refractivity contribution is 5.54. The Bertz CT molecular complexity index is 457. The monoisotopic (exact) mass is 253 g/mol. The summed E-state index contributed by atoms with van der Waals surface area (Å²) in [6, 6.07) is 0.501. The van der Waals surface area contributed by atoms with Gasteiger partial charge in [-0.1, -0.05) is 0 Å². The van der Waals surface area contributed by atoms with Gasteiger partial charge in [0.2, 0.25) is 11.6 Å². The van der Waals surface area contributed by atoms with Crippen LogP contribution in [0.4, 0.5) is 11.6 Å². The van der Waals surface area contributed by atoms with E-state index in [9.17, 15) is 10.1 Å². The molecule has 0 spiro atoms. The van der Waals surface area contributed by atoms with Gasteiger partial charge in [0.05, 0.1) is 0 Å². The minimum absolute atomic E-state index is 0.0900. The summed E-state index contributed by atoms with van der Waals surface area (Å²) >= 11 is 0. The van der Waals surface area contributed by atoms with E-state index in [0.717, 1.165) is 19.4 Å². The quantitative estimate of drug-likeness (QED) is 0.624. The van der Waals surface area contributed by atoms with Crippen molar-refractivity contribution in [3.63, 3.8) is 0 Å². The van der Waals surface area contributed by atoms with Crippen LogP contribution in [-0.2, 0) is 7.05 Å². The van der Waals surface area contributed by atoms with Gasteiger partial charge >= 0.3 is 5.82 Å². The van der Waals surface area contributed by atoms with E-state index in [1.54, 1.807) is 18.5 Å². The summed E-state index contributed by atoms with van der Waals surface area (Å²) < 4.78 is 1.74. The summed E-state index contributed by atoms with van der Waals surface area (Å²) in [6.07, 6.45) is 2.09. The van der Waals surface area contributed by atoms with Crippen LogP contribution in [0.15, 0.2) is 0 Å². The predicted molar refractivity (Wildman–Crippen MR) is 68.7 cm³/mol. The van der Waals surface area contributed by atoms with E-state index in [4.69, 9.17) is 0 Å². The molecule has 0 bridgehead atoms. The van der Waals surface area contributed by atoms with Crippen LogP contribution in [0.5, 0.6) is 0 Å². The lowest BCUT2D eigenvalue weighted by Gasteiger charge is -2.31. The van der Waals surface area contributed by atoms with Crippen molar-refractivity contribution in [1.82, 2.24) is 14.9 Å². The second-order valence-corrected chi connectivity index (χ2v) is 4.78. The van der Waals surface area contributed by atoms with Gasteiger partial charge in [0.25, 0.3) is 0 Å². The van der Waals surface area contributed by atoms with Crippen LogP contribution in [0.25, 0.3) is 0 Å². The first-order valence-corrected chi connectivity index (χ1v) is 6.18. The minimum Gasteiger partial charge on any atom is -0.360 e. The average Bonchev–Trinajstić information content (AvgIpc) is 2.60. The second kappa shape index (κ2) is 4.93. The van der Waals surface area contributed by atoms with Crippen molar-refractivity contribution in [2.45, 2.75) is 38.8 Å². The molecule has 0 aliphatic carbocycles. The van der Waals surface area contributed by atoms with Gasteiger partial charge in [-0.2, -0.15) is 0 Å². The third-order valence-electron chi connectivity index (χ3n) is 3.56. The van der Waals surface area contributed by atoms with Gasteiger partial charge in [-0.15, -0.1) is 0 Å². The van der Waals surface area contributed by atoms with Gasteiger partial charge in [0.1, 0.15) is 0 Å². The fourth-order valence-electron chi connectivity index (χ4n) is 2.30. The van der Waals surface area contributed by atoms with Crippen molar-refractivity contribution in [3.05, 3.63) is 15.9 Å². The molecule has 1 aromatic heterocycles. The van der Waals surface area contributed by atoms with Crippen molar-refractivity contribution in [2.24, 2.45) is 7.05 Å². The summed E-state index contributed by atoms with van der Waals surface area (Å²) in [7, 11) is 1.79. The second-order valence-electron chi connectivity index (χ2n) is 4.78. The fourth-order valence-corrected chi connectivity index (χ4v) is 2.30. The Morgan fingerprint density at radius 2 is 2.33 bits per heavy atom. The summed E-state index contributed by atoms with van der Waals surface area (Å²) in [5.41, 5.74) is 0. The molecule has 0 saturated carbocycles. The van der Waals surface area contributed by atoms with Crippen molar-refractivity contribution in [1.29, 1.82) is 0 Å². The largest absolute Gasteiger partial charge is 0.406 e. The molecule has 7 nitrogen and oxygen atoms in total. The van der Waals surface area contributed by atoms with Gasteiger partial charge in [0, 0.05) is 26.1 Å². The lowest BCUT2D eigenvalue weighted by molar-refractivity contribution is -0.388. The third kappa shape index (κ3) is 2.31. The molecule has 7 heteroatoms. The van der Waals surface area contributed by atoms with E-state index in [-0.39, 0.29) is 11.9 Å². The van der Waals surface area contributed by atoms with E-state index in [1.807, 2.05) is 0 Å². The number of hydrogen-bond acceptors (Lipinski definition) is 5. The number of anilines is 1. The number of piperidine rings is 1. The first-order valence-electron chi connectivity index (χ1n) is 6.18. The molecule has 1 aliphatic heterocycles. The smallest absolute Gasteiger partial charge is 0.360 e. The Morgan fingerprint density at radius 1 is 1.61 bits per heavy atom. The van der Waals surface area contributed by atoms with Crippen LogP contribution in [-0.4, -0.2) is 33.1 Å². The van der Waals surface area contributed by atoms with E-state index in [0.29, 0.717) is 17.7 Å². The maximum absolute atomic E-state index is 11.0. The predicted octanol–water partition coefficient (Wildman–Crippen LogP) is 1.19. The molecule has 2 heterocycles. The van der Waals surface area contributed by atoms with Crippen molar-refractivity contribution in [2.75, 3.05) is 11.9 Å². The van der Waals surface area contributed by atoms with Crippen LogP contribution in [0, 0.1) is 17.0 Å². The number of hydrogen-bond donors (Lipinski definition) is 2. The van der Waals surface area contributed by atoms with E-state index in [2.05, 4.69) is 22.5 Å². The van der Waals surface area contributed by atoms with Crippen molar-refractivity contribution < 1.29 is 4.92 Å². The Balaban J connectivity index is 2.24. The summed E-state index contributed by atoms with van der Waals surface area (Å²) in [6.45, 7) is 4.86. The van der Waals surface area contributed by atoms with Gasteiger partial charge < -0.3 is 20.7 Å². The van der Waals surface area contributed by atoms with Crippen LogP contribution in [0.2, 0.25) is 0 Å². The molecule has 100 valence electrons. The Kier molecular flexibility index (Phi) is 3.51. The molecule has 2 rings (SSSR count).